The van der Waals surface area contributed by atoms with Crippen molar-refractivity contribution in [2.45, 2.75) is 6.04 Å². The second-order valence-electron chi connectivity index (χ2n) is 2.79. The predicted molar refractivity (Wildman–Crippen MR) is 62.0 cm³/mol. The van der Waals surface area contributed by atoms with Crippen LogP contribution in [0.1, 0.15) is 11.6 Å². The van der Waals surface area contributed by atoms with Gasteiger partial charge in [0.25, 0.3) is 0 Å². The Morgan fingerprint density at radius 1 is 1.62 bits per heavy atom. The van der Waals surface area contributed by atoms with Crippen LogP contribution in [0.15, 0.2) is 16.6 Å². The molecule has 1 aromatic rings. The third-order valence-electron chi connectivity index (χ3n) is 1.88. The van der Waals surface area contributed by atoms with Gasteiger partial charge in [-0.05, 0) is 12.1 Å². The molecule has 0 aliphatic rings. The van der Waals surface area contributed by atoms with Crippen molar-refractivity contribution in [2.24, 2.45) is 5.73 Å². The molecule has 0 unspecified atom stereocenters. The van der Waals surface area contributed by atoms with Crippen molar-refractivity contribution in [1.82, 2.24) is 0 Å². The molecule has 7 heteroatoms. The monoisotopic (exact) mass is 313 g/mol. The van der Waals surface area contributed by atoms with Crippen LogP contribution < -0.4 is 5.73 Å². The van der Waals surface area contributed by atoms with Crippen molar-refractivity contribution in [1.29, 1.82) is 0 Å². The maximum Gasteiger partial charge on any atom is 0.327 e. The maximum atomic E-state index is 13.0. The van der Waals surface area contributed by atoms with Crippen molar-refractivity contribution in [3.8, 4) is 5.75 Å². The minimum absolute atomic E-state index is 0. The molecule has 0 aromatic heterocycles. The predicted octanol–water partition coefficient (Wildman–Crippen LogP) is 1.89. The lowest BCUT2D eigenvalue weighted by Crippen LogP contribution is -2.23. The number of hydrogen-bond donors (Lipinski definition) is 2. The molecule has 0 saturated heterocycles. The lowest BCUT2D eigenvalue weighted by molar-refractivity contribution is -0.142. The number of aromatic hydroxyl groups is 1. The number of halogens is 3. The highest BCUT2D eigenvalue weighted by atomic mass is 79.9. The summed E-state index contributed by atoms with van der Waals surface area (Å²) < 4.78 is 17.8. The molecule has 16 heavy (non-hydrogen) atoms. The maximum absolute atomic E-state index is 13.0. The Bertz CT molecular complexity index is 403. The molecule has 0 amide bonds. The van der Waals surface area contributed by atoms with Crippen LogP contribution in [0.25, 0.3) is 0 Å². The third-order valence-corrected chi connectivity index (χ3v) is 2.57. The summed E-state index contributed by atoms with van der Waals surface area (Å²) >= 11 is 3.06. The molecule has 4 nitrogen and oxygen atoms in total. The Morgan fingerprint density at radius 3 is 2.69 bits per heavy atom. The lowest BCUT2D eigenvalue weighted by atomic mass is 10.1. The van der Waals surface area contributed by atoms with Crippen molar-refractivity contribution >= 4 is 34.3 Å². The van der Waals surface area contributed by atoms with E-state index in [2.05, 4.69) is 20.7 Å². The Labute approximate surface area is 106 Å². The highest BCUT2D eigenvalue weighted by Crippen LogP contribution is 2.33. The average Bonchev–Trinajstić information content (AvgIpc) is 2.22. The smallest absolute Gasteiger partial charge is 0.327 e. The van der Waals surface area contributed by atoms with Crippen LogP contribution >= 0.6 is 28.3 Å². The fourth-order valence-electron chi connectivity index (χ4n) is 1.10. The van der Waals surface area contributed by atoms with Gasteiger partial charge < -0.3 is 15.6 Å². The molecule has 0 fully saturated rings. The van der Waals surface area contributed by atoms with Crippen molar-refractivity contribution in [3.05, 3.63) is 28.0 Å². The first-order chi connectivity index (χ1) is 6.99. The topological polar surface area (TPSA) is 72.5 Å². The van der Waals surface area contributed by atoms with E-state index in [0.717, 1.165) is 13.2 Å². The molecule has 0 radical (unpaired) electrons. The van der Waals surface area contributed by atoms with E-state index in [1.807, 2.05) is 0 Å². The molecule has 1 aromatic carbocycles. The number of methoxy groups -OCH3 is 1. The Balaban J connectivity index is 0.00000225. The van der Waals surface area contributed by atoms with E-state index in [1.165, 1.54) is 6.07 Å². The number of benzene rings is 1. The van der Waals surface area contributed by atoms with Crippen LogP contribution in [0, 0.1) is 5.82 Å². The third kappa shape index (κ3) is 2.84. The zero-order valence-corrected chi connectivity index (χ0v) is 10.6. The van der Waals surface area contributed by atoms with Crippen molar-refractivity contribution in [3.63, 3.8) is 0 Å². The molecule has 0 spiro atoms. The van der Waals surface area contributed by atoms with Gasteiger partial charge in [-0.25, -0.2) is 4.39 Å². The minimum atomic E-state index is -1.22. The second-order valence-corrected chi connectivity index (χ2v) is 3.65. The van der Waals surface area contributed by atoms with Crippen LogP contribution in [0.3, 0.4) is 0 Å². The van der Waals surface area contributed by atoms with Gasteiger partial charge in [-0.2, -0.15) is 0 Å². The molecule has 0 bridgehead atoms. The Morgan fingerprint density at radius 2 is 2.19 bits per heavy atom. The summed E-state index contributed by atoms with van der Waals surface area (Å²) in [4.78, 5) is 11.1. The van der Waals surface area contributed by atoms with Crippen LogP contribution in [0.4, 0.5) is 4.39 Å². The van der Waals surface area contributed by atoms with E-state index in [-0.39, 0.29) is 18.0 Å². The Hall–Kier alpha value is -0.850. The highest BCUT2D eigenvalue weighted by Gasteiger charge is 2.24. The molecule has 90 valence electrons. The van der Waals surface area contributed by atoms with Gasteiger partial charge in [-0.15, -0.1) is 12.4 Å². The summed E-state index contributed by atoms with van der Waals surface area (Å²) in [6.45, 7) is 0. The zero-order valence-electron chi connectivity index (χ0n) is 8.24. The van der Waals surface area contributed by atoms with Crippen LogP contribution in [0.2, 0.25) is 0 Å². The number of phenols is 1. The van der Waals surface area contributed by atoms with Gasteiger partial charge >= 0.3 is 5.97 Å². The summed E-state index contributed by atoms with van der Waals surface area (Å²) in [5.74, 6) is -2.24. The fraction of sp³-hybridized carbons (Fsp3) is 0.222. The number of nitrogens with two attached hydrogens (primary N) is 1. The van der Waals surface area contributed by atoms with Gasteiger partial charge in [0.05, 0.1) is 7.11 Å². The van der Waals surface area contributed by atoms with E-state index in [0.29, 0.717) is 4.47 Å². The second kappa shape index (κ2) is 6.03. The fourth-order valence-corrected chi connectivity index (χ4v) is 1.66. The summed E-state index contributed by atoms with van der Waals surface area (Å²) in [6.07, 6.45) is 0. The first kappa shape index (κ1) is 15.2. The van der Waals surface area contributed by atoms with Crippen molar-refractivity contribution in [2.75, 3.05) is 7.11 Å². The number of carbonyl (C=O) groups excluding carboxylic acids is 1. The van der Waals surface area contributed by atoms with Gasteiger partial charge in [-0.3, -0.25) is 4.79 Å². The molecule has 3 N–H and O–H groups in total. The highest BCUT2D eigenvalue weighted by molar-refractivity contribution is 9.10. The molecule has 0 aliphatic carbocycles. The lowest BCUT2D eigenvalue weighted by Gasteiger charge is -2.13. The van der Waals surface area contributed by atoms with Gasteiger partial charge in [0.15, 0.2) is 11.6 Å². The summed E-state index contributed by atoms with van der Waals surface area (Å²) in [7, 11) is 1.16. The number of esters is 1. The van der Waals surface area contributed by atoms with E-state index in [1.54, 1.807) is 0 Å². The number of phenolic OH excluding ortho intramolecular Hbond substituents is 1. The molecule has 1 atom stereocenters. The number of ether oxygens (including phenoxy) is 1. The first-order valence-corrected chi connectivity index (χ1v) is 4.78. The molecule has 0 heterocycles. The summed E-state index contributed by atoms with van der Waals surface area (Å²) in [6, 6.07) is 1.19. The number of carbonyl (C=O) groups is 1. The normalized spacial score (nSPS) is 11.5. The van der Waals surface area contributed by atoms with Crippen molar-refractivity contribution < 1.29 is 19.0 Å². The van der Waals surface area contributed by atoms with Gasteiger partial charge in [0.2, 0.25) is 0 Å². The van der Waals surface area contributed by atoms with E-state index in [4.69, 9.17) is 5.73 Å². The summed E-state index contributed by atoms with van der Waals surface area (Å²) in [5, 5.41) is 9.40. The largest absolute Gasteiger partial charge is 0.505 e. The standard InChI is InChI=1S/C9H9BrFNO3.ClH/c1-15-9(14)7(12)6-4(10)2-3-5(11)8(6)13;/h2-3,7,13H,12H2,1H3;1H/t7-;/m0./s1. The van der Waals surface area contributed by atoms with E-state index >= 15 is 0 Å². The van der Waals surface area contributed by atoms with Crippen LogP contribution in [-0.4, -0.2) is 18.2 Å². The Kier molecular flexibility index (Phi) is 5.71. The SMILES string of the molecule is COC(=O)[C@@H](N)c1c(Br)ccc(F)c1O.Cl. The van der Waals surface area contributed by atoms with Crippen LogP contribution in [0.5, 0.6) is 5.75 Å². The van der Waals surface area contributed by atoms with E-state index < -0.39 is 23.6 Å². The van der Waals surface area contributed by atoms with Gasteiger partial charge in [0.1, 0.15) is 6.04 Å². The molecular formula is C9H10BrClFNO3. The number of rotatable bonds is 2. The summed E-state index contributed by atoms with van der Waals surface area (Å²) in [5.41, 5.74) is 5.46. The van der Waals surface area contributed by atoms with E-state index in [9.17, 15) is 14.3 Å². The van der Waals surface area contributed by atoms with Crippen LogP contribution in [-0.2, 0) is 9.53 Å². The minimum Gasteiger partial charge on any atom is -0.505 e. The molecule has 0 saturated carbocycles. The van der Waals surface area contributed by atoms with Gasteiger partial charge in [-0.1, -0.05) is 15.9 Å². The number of hydrogen-bond acceptors (Lipinski definition) is 4. The molecule has 0 aliphatic heterocycles. The average molecular weight is 315 g/mol. The van der Waals surface area contributed by atoms with Gasteiger partial charge in [0, 0.05) is 10.0 Å². The quantitative estimate of drug-likeness (QED) is 0.818. The molecular weight excluding hydrogens is 304 g/mol. The zero-order chi connectivity index (χ0) is 11.6. The first-order valence-electron chi connectivity index (χ1n) is 3.99. The molecule has 1 rings (SSSR count).